The average molecular weight is 1970 g/mol. The number of hydrogen-bond donors (Lipinski definition) is 8. The zero-order chi connectivity index (χ0) is 91.6. The quantitative estimate of drug-likeness (QED) is 0.00682. The summed E-state index contributed by atoms with van der Waals surface area (Å²) in [6.45, 7) is 29.1. The minimum absolute atomic E-state index is 0. The minimum atomic E-state index is -3.73. The number of aldehydes is 1. The molecule has 7 unspecified atom stereocenters. The van der Waals surface area contributed by atoms with Crippen LogP contribution in [0.5, 0.6) is 0 Å². The van der Waals surface area contributed by atoms with Crippen molar-refractivity contribution in [1.82, 2.24) is 32.7 Å². The van der Waals surface area contributed by atoms with Crippen molar-refractivity contribution < 1.29 is 112 Å². The SMILES string of the molecule is COC(=O)C[C@@H](O)[C@H]1CCN(P)C1.COC(=O)C[C@H](O)[C@H]1CCN(P)C1.COC(=O)O[Si](C)(C)C(C)(C)C.Cc1ccc(S(=O)(=O)Cl)cc1.Cc1ccc(S(=O)(=O)OCC[C@@H](O)[C@H]2CCN(P)C2)cc1.Cc1ccc(S(=O)(=O)OCC[C@H](O)[C@H]2CCN(P)C2)cc1.O=C[C@H]1CCN(P)C1.OCC[C@@H](O)[C@H]1CCN(P)C1.OCC[C@H](O)[C@H]1CCN(P)C1.S. The number of benzene rings is 3. The van der Waals surface area contributed by atoms with E-state index in [1.54, 1.807) is 36.4 Å². The van der Waals surface area contributed by atoms with Crippen LogP contribution in [0.25, 0.3) is 0 Å². The van der Waals surface area contributed by atoms with Crippen LogP contribution in [-0.4, -0.2) is 308 Å². The second kappa shape index (κ2) is 61.3. The number of rotatable bonds is 27. The highest BCUT2D eigenvalue weighted by atomic mass is 35.7. The van der Waals surface area contributed by atoms with Gasteiger partial charge in [-0.3, -0.25) is 50.6 Å². The van der Waals surface area contributed by atoms with Crippen molar-refractivity contribution in [1.29, 1.82) is 0 Å². The Kier molecular flexibility index (Phi) is 59.6. The van der Waals surface area contributed by atoms with Crippen LogP contribution in [0.2, 0.25) is 18.1 Å². The van der Waals surface area contributed by atoms with Gasteiger partial charge in [0.05, 0.1) is 98.7 Å². The number of aliphatic hydroxyl groups excluding tert-OH is 8. The highest BCUT2D eigenvalue weighted by Crippen LogP contribution is 2.37. The molecular formula is C78H145ClN7O24P7S4Si. The molecule has 0 aromatic heterocycles. The Hall–Kier alpha value is -1.42. The first-order chi connectivity index (χ1) is 56.5. The largest absolute Gasteiger partial charge is 0.494 e. The van der Waals surface area contributed by atoms with Crippen LogP contribution < -0.4 is 0 Å². The molecule has 0 aliphatic carbocycles. The van der Waals surface area contributed by atoms with Gasteiger partial charge < -0.3 is 64.3 Å². The highest BCUT2D eigenvalue weighted by molar-refractivity contribution is 8.13. The molecule has 3 aromatic carbocycles. The number of nitrogens with zero attached hydrogens (tertiary/aromatic N) is 7. The van der Waals surface area contributed by atoms with E-state index in [1.165, 1.54) is 57.7 Å². The lowest BCUT2D eigenvalue weighted by Crippen LogP contribution is -2.42. The third-order valence-corrected chi connectivity index (χ3v) is 33.4. The van der Waals surface area contributed by atoms with Crippen molar-refractivity contribution in [3.05, 3.63) is 89.5 Å². The molecule has 0 radical (unpaired) electrons. The van der Waals surface area contributed by atoms with Gasteiger partial charge in [0.2, 0.25) is 0 Å². The Bertz CT molecular complexity index is 3620. The van der Waals surface area contributed by atoms with Gasteiger partial charge in [0.25, 0.3) is 37.6 Å². The number of aryl methyl sites for hydroxylation is 3. The summed E-state index contributed by atoms with van der Waals surface area (Å²) < 4.78 is 113. The molecule has 10 rings (SSSR count). The van der Waals surface area contributed by atoms with Gasteiger partial charge in [0.1, 0.15) is 6.29 Å². The smallest absolute Gasteiger partial charge is 0.489 e. The highest BCUT2D eigenvalue weighted by Gasteiger charge is 2.41. The van der Waals surface area contributed by atoms with E-state index in [0.29, 0.717) is 43.4 Å². The number of carbonyl (C=O) groups excluding carboxylic acids is 4. The number of esters is 2. The van der Waals surface area contributed by atoms with Gasteiger partial charge in [-0.05, 0) is 181 Å². The lowest BCUT2D eigenvalue weighted by atomic mass is 9.99. The second-order valence-electron chi connectivity index (χ2n) is 32.8. The molecule has 0 spiro atoms. The second-order valence-corrected chi connectivity index (χ2v) is 48.4. The normalized spacial score (nSPS) is 22.5. The number of hydrogen-bond acceptors (Lipinski definition) is 31. The monoisotopic (exact) mass is 1970 g/mol. The fourth-order valence-electron chi connectivity index (χ4n) is 13.0. The van der Waals surface area contributed by atoms with Crippen LogP contribution in [0, 0.1) is 62.2 Å². The van der Waals surface area contributed by atoms with Crippen molar-refractivity contribution >= 4 is 152 Å². The van der Waals surface area contributed by atoms with E-state index in [4.69, 9.17) is 33.7 Å². The number of methoxy groups -OCH3 is 3. The topological polar surface area (TPSA) is 411 Å². The first kappa shape index (κ1) is 119. The molecule has 0 saturated carbocycles. The first-order valence-corrected chi connectivity index (χ1v) is 52.3. The Balaban J connectivity index is 0.000000696. The molecular weight excluding hydrogens is 1830 g/mol. The summed E-state index contributed by atoms with van der Waals surface area (Å²) in [5, 5.41) is 75.5. The maximum absolute atomic E-state index is 12.0. The third kappa shape index (κ3) is 48.6. The third-order valence-electron chi connectivity index (χ3n) is 21.8. The molecule has 7 fully saturated rings. The van der Waals surface area contributed by atoms with Gasteiger partial charge in [-0.25, -0.2) is 13.2 Å². The number of aliphatic hydroxyl groups is 8. The zero-order valence-corrected chi connectivity index (χ0v) is 86.1. The Labute approximate surface area is 756 Å². The van der Waals surface area contributed by atoms with E-state index in [9.17, 15) is 75.1 Å². The minimum Gasteiger partial charge on any atom is -0.489 e. The summed E-state index contributed by atoms with van der Waals surface area (Å²) >= 11 is 0. The van der Waals surface area contributed by atoms with Crippen molar-refractivity contribution in [3.63, 3.8) is 0 Å². The predicted octanol–water partition coefficient (Wildman–Crippen LogP) is 7.96. The van der Waals surface area contributed by atoms with Crippen LogP contribution in [0.3, 0.4) is 0 Å². The fourth-order valence-corrected chi connectivity index (χ4v) is 19.3. The van der Waals surface area contributed by atoms with Crippen molar-refractivity contribution in [3.8, 4) is 0 Å². The molecule has 20 atom stereocenters. The van der Waals surface area contributed by atoms with Crippen LogP contribution in [-0.2, 0) is 70.7 Å². The summed E-state index contributed by atoms with van der Waals surface area (Å²) in [6.07, 6.45) is 6.47. The molecule has 7 aliphatic heterocycles. The molecule has 7 heterocycles. The van der Waals surface area contributed by atoms with E-state index >= 15 is 0 Å². The average Bonchev–Trinajstić information content (AvgIpc) is 1.29. The van der Waals surface area contributed by atoms with E-state index in [1.807, 2.05) is 33.9 Å². The summed E-state index contributed by atoms with van der Waals surface area (Å²) in [7, 11) is 14.4. The Morgan fingerprint density at radius 2 is 0.697 bits per heavy atom. The standard InChI is InChI=1S/2C14H22NO4PS.2C8H16NO3P.C8H18O3Si.C7H7ClO2S.2C7H16NO2P.C5H10NOP.H2S/c2*1-11-2-4-13(5-3-11)21(17,18)19-9-7-14(16)12-6-8-15(20)10-12;2*1-12-8(11)4-7(10)6-2-3-9(13)5-6;1-8(2,3)12(5,6)11-7(9)10-4;1-6-2-4-7(5-3-6)11(8,9)10;2*9-4-2-7(10)6-1-3-8(11)5-6;7-4-5-1-2-6(8)3-5;/h2*2-5,12,14,16H,6-10,20H2,1H3;2*6-7,10H,2-5,13H2,1H3;1-6H3;2-5H,1H3;2*6-7,9-10H,1-5,11H2;4-5H,1-3,8H2;1H2/t12-,14+;12-,14-;6-,7+;6-,7-;;;6-,7+;6-,7-;5-;/m0000..000./s1. The molecule has 44 heteroatoms. The Morgan fingerprint density at radius 1 is 0.443 bits per heavy atom. The van der Waals surface area contributed by atoms with Crippen molar-refractivity contribution in [2.75, 3.05) is 139 Å². The molecule has 31 nitrogen and oxygen atoms in total. The van der Waals surface area contributed by atoms with Crippen LogP contribution in [0.1, 0.15) is 121 Å². The Morgan fingerprint density at radius 3 is 0.902 bits per heavy atom. The van der Waals surface area contributed by atoms with Crippen molar-refractivity contribution in [2.45, 2.75) is 194 Å². The molecule has 7 saturated heterocycles. The molecule has 122 heavy (non-hydrogen) atoms. The van der Waals surface area contributed by atoms with E-state index in [0.717, 1.165) is 160 Å². The van der Waals surface area contributed by atoms with Crippen LogP contribution >= 0.6 is 89.9 Å². The summed E-state index contributed by atoms with van der Waals surface area (Å²) in [5.41, 5.74) is 2.99. The van der Waals surface area contributed by atoms with Crippen LogP contribution in [0.4, 0.5) is 4.79 Å². The maximum atomic E-state index is 12.0. The predicted molar refractivity (Wildman–Crippen MR) is 508 cm³/mol. The van der Waals surface area contributed by atoms with Crippen molar-refractivity contribution in [2.24, 2.45) is 41.4 Å². The summed E-state index contributed by atoms with van der Waals surface area (Å²) in [5.74, 6) is 1.13. The molecule has 7 aliphatic rings. The zero-order valence-electron chi connectivity index (χ0n) is 72.8. The van der Waals surface area contributed by atoms with Crippen LogP contribution in [0.15, 0.2) is 87.5 Å². The number of halogens is 1. The molecule has 706 valence electrons. The fraction of sp³-hybridized carbons (Fsp3) is 0.718. The van der Waals surface area contributed by atoms with Gasteiger partial charge in [0, 0.05) is 121 Å². The lowest BCUT2D eigenvalue weighted by molar-refractivity contribution is -0.144. The van der Waals surface area contributed by atoms with E-state index in [-0.39, 0.29) is 120 Å². The molecule has 0 bridgehead atoms. The number of carbonyl (C=O) groups is 4. The molecule has 8 N–H and O–H groups in total. The van der Waals surface area contributed by atoms with E-state index in [2.05, 4.69) is 133 Å². The lowest BCUT2D eigenvalue weighted by Gasteiger charge is -2.34. The van der Waals surface area contributed by atoms with Gasteiger partial charge >= 0.3 is 18.1 Å². The van der Waals surface area contributed by atoms with Gasteiger partial charge in [-0.1, -0.05) is 140 Å². The molecule has 3 aromatic rings. The summed E-state index contributed by atoms with van der Waals surface area (Å²) in [4.78, 5) is 43.1. The van der Waals surface area contributed by atoms with Gasteiger partial charge in [-0.2, -0.15) is 30.3 Å². The van der Waals surface area contributed by atoms with E-state index < -0.39 is 68.2 Å². The first-order valence-electron chi connectivity index (χ1n) is 40.6. The van der Waals surface area contributed by atoms with Gasteiger partial charge in [0.15, 0.2) is 0 Å². The number of ether oxygens (including phenoxy) is 3. The van der Waals surface area contributed by atoms with Gasteiger partial charge in [-0.15, -0.1) is 0 Å². The summed E-state index contributed by atoms with van der Waals surface area (Å²) in [6, 6.07) is 19.4. The molecule has 0 amide bonds. The maximum Gasteiger partial charge on any atom is 0.494 e.